The minimum absolute atomic E-state index is 0.0626. The molecule has 0 aliphatic carbocycles. The number of nitrogens with zero attached hydrogens (tertiary/aromatic N) is 2. The van der Waals surface area contributed by atoms with Gasteiger partial charge in [-0.05, 0) is 12.1 Å². The van der Waals surface area contributed by atoms with E-state index in [9.17, 15) is 0 Å². The van der Waals surface area contributed by atoms with Crippen molar-refractivity contribution in [3.05, 3.63) is 24.3 Å². The smallest absolute Gasteiger partial charge is 0.193 e. The van der Waals surface area contributed by atoms with Crippen molar-refractivity contribution in [3.8, 4) is 0 Å². The normalized spacial score (nSPS) is 20.8. The van der Waals surface area contributed by atoms with Gasteiger partial charge in [0.15, 0.2) is 5.50 Å². The summed E-state index contributed by atoms with van der Waals surface area (Å²) in [5.74, 6) is 4.95. The van der Waals surface area contributed by atoms with Crippen molar-refractivity contribution >= 4 is 17.4 Å². The Hall–Kier alpha value is -1.23. The quantitative estimate of drug-likeness (QED) is 0.393. The van der Waals surface area contributed by atoms with E-state index in [-0.39, 0.29) is 5.50 Å². The molecule has 0 bridgehead atoms. The molecule has 1 aromatic rings. The minimum Gasteiger partial charge on any atom is -0.353 e. The van der Waals surface area contributed by atoms with Crippen LogP contribution in [0.1, 0.15) is 0 Å². The summed E-state index contributed by atoms with van der Waals surface area (Å²) >= 11 is 1.61. The highest BCUT2D eigenvalue weighted by molar-refractivity contribution is 8.00. The van der Waals surface area contributed by atoms with E-state index >= 15 is 0 Å². The number of fused-ring (bicyclic) bond motifs is 1. The first-order valence-electron chi connectivity index (χ1n) is 3.52. The zero-order valence-electron chi connectivity index (χ0n) is 6.27. The molecule has 12 heavy (non-hydrogen) atoms. The van der Waals surface area contributed by atoms with Crippen LogP contribution in [0.4, 0.5) is 5.69 Å². The van der Waals surface area contributed by atoms with Crippen molar-refractivity contribution in [2.45, 2.75) is 10.4 Å². The Morgan fingerprint density at radius 3 is 3.00 bits per heavy atom. The first-order chi connectivity index (χ1) is 5.90. The molecule has 4 nitrogen and oxygen atoms in total. The lowest BCUT2D eigenvalue weighted by Gasteiger charge is -1.99. The van der Waals surface area contributed by atoms with E-state index in [0.717, 1.165) is 5.69 Å². The maximum atomic E-state index is 4.95. The van der Waals surface area contributed by atoms with Crippen molar-refractivity contribution < 1.29 is 0 Å². The van der Waals surface area contributed by atoms with E-state index in [4.69, 9.17) is 5.84 Å². The maximum absolute atomic E-state index is 4.95. The molecule has 0 radical (unpaired) electrons. The van der Waals surface area contributed by atoms with Crippen LogP contribution in [-0.4, -0.2) is 5.50 Å². The van der Waals surface area contributed by atoms with Gasteiger partial charge in [-0.2, -0.15) is 0 Å². The average molecular weight is 180 g/mol. The monoisotopic (exact) mass is 180 g/mol. The van der Waals surface area contributed by atoms with E-state index < -0.39 is 0 Å². The zero-order valence-corrected chi connectivity index (χ0v) is 7.08. The summed E-state index contributed by atoms with van der Waals surface area (Å²) in [6, 6.07) is 8.03. The number of hydrogen-bond acceptors (Lipinski definition) is 4. The van der Waals surface area contributed by atoms with Crippen LogP contribution in [0.5, 0.6) is 0 Å². The summed E-state index contributed by atoms with van der Waals surface area (Å²) in [5.41, 5.74) is 1.03. The lowest BCUT2D eigenvalue weighted by Crippen LogP contribution is -2.05. The van der Waals surface area contributed by atoms with Gasteiger partial charge in [0.2, 0.25) is 0 Å². The summed E-state index contributed by atoms with van der Waals surface area (Å²) in [6.45, 7) is 0. The maximum Gasteiger partial charge on any atom is 0.193 e. The summed E-state index contributed by atoms with van der Waals surface area (Å²) in [7, 11) is 0. The fraction of sp³-hybridized carbons (Fsp3) is 0.143. The lowest BCUT2D eigenvalue weighted by atomic mass is 10.3. The van der Waals surface area contributed by atoms with Crippen molar-refractivity contribution in [2.75, 3.05) is 5.32 Å². The second-order valence-electron chi connectivity index (χ2n) is 2.34. The molecule has 62 valence electrons. The number of para-hydroxylation sites is 1. The van der Waals surface area contributed by atoms with Gasteiger partial charge in [0.25, 0.3) is 0 Å². The van der Waals surface area contributed by atoms with Crippen LogP contribution in [0.3, 0.4) is 0 Å². The molecule has 0 saturated heterocycles. The Kier molecular flexibility index (Phi) is 1.87. The number of nitrogens with two attached hydrogens (primary N) is 1. The molecular weight excluding hydrogens is 172 g/mol. The van der Waals surface area contributed by atoms with Crippen LogP contribution < -0.4 is 11.2 Å². The average Bonchev–Trinajstić information content (AvgIpc) is 2.47. The van der Waals surface area contributed by atoms with Crippen LogP contribution in [-0.2, 0) is 0 Å². The van der Waals surface area contributed by atoms with Crippen LogP contribution in [0.2, 0.25) is 0 Å². The van der Waals surface area contributed by atoms with E-state index in [2.05, 4.69) is 15.7 Å². The van der Waals surface area contributed by atoms with Gasteiger partial charge in [0.1, 0.15) is 0 Å². The zero-order chi connectivity index (χ0) is 8.39. The predicted octanol–water partition coefficient (Wildman–Crippen LogP) is 1.81. The Labute approximate surface area is 74.2 Å². The first kappa shape index (κ1) is 7.42. The number of hydrogen-bond donors (Lipinski definition) is 2. The van der Waals surface area contributed by atoms with Crippen molar-refractivity contribution in [1.82, 2.24) is 0 Å². The molecule has 1 aromatic carbocycles. The number of anilines is 1. The lowest BCUT2D eigenvalue weighted by molar-refractivity contribution is 0.900. The molecule has 0 amide bonds. The fourth-order valence-corrected chi connectivity index (χ4v) is 2.02. The second kappa shape index (κ2) is 3.02. The highest BCUT2D eigenvalue weighted by Gasteiger charge is 2.19. The molecule has 0 aromatic heterocycles. The molecule has 1 heterocycles. The summed E-state index contributed by atoms with van der Waals surface area (Å²) in [4.78, 5) is 1.19. The minimum atomic E-state index is -0.0626. The van der Waals surface area contributed by atoms with Gasteiger partial charge in [-0.1, -0.05) is 29.1 Å². The van der Waals surface area contributed by atoms with Gasteiger partial charge in [0, 0.05) is 4.90 Å². The van der Waals surface area contributed by atoms with E-state index in [0.29, 0.717) is 0 Å². The summed E-state index contributed by atoms with van der Waals surface area (Å²) in [5, 5.41) is 10.2. The molecule has 1 unspecified atom stereocenters. The SMILES string of the molecule is NN=NC1Nc2ccccc2S1. The Balaban J connectivity index is 2.22. The number of nitrogens with one attached hydrogen (secondary N) is 1. The molecule has 0 saturated carbocycles. The Bertz CT molecular complexity index is 287. The van der Waals surface area contributed by atoms with Crippen LogP contribution >= 0.6 is 11.8 Å². The highest BCUT2D eigenvalue weighted by atomic mass is 32.2. The Morgan fingerprint density at radius 2 is 2.25 bits per heavy atom. The largest absolute Gasteiger partial charge is 0.353 e. The predicted molar refractivity (Wildman–Crippen MR) is 48.8 cm³/mol. The number of rotatable bonds is 1. The van der Waals surface area contributed by atoms with Crippen molar-refractivity contribution in [2.24, 2.45) is 16.2 Å². The third kappa shape index (κ3) is 1.23. The standard InChI is InChI=1S/C7H8N4S/c8-11-10-7-9-5-3-1-2-4-6(5)12-7/h1-4,7,9H,(H2,8,10). The van der Waals surface area contributed by atoms with Crippen molar-refractivity contribution in [1.29, 1.82) is 0 Å². The Morgan fingerprint density at radius 1 is 1.42 bits per heavy atom. The van der Waals surface area contributed by atoms with Gasteiger partial charge in [-0.15, -0.1) is 5.11 Å². The molecule has 1 atom stereocenters. The molecule has 0 spiro atoms. The van der Waals surface area contributed by atoms with Gasteiger partial charge in [0.05, 0.1) is 5.69 Å². The topological polar surface area (TPSA) is 62.8 Å². The van der Waals surface area contributed by atoms with Crippen LogP contribution in [0.25, 0.3) is 0 Å². The van der Waals surface area contributed by atoms with Crippen LogP contribution in [0.15, 0.2) is 39.5 Å². The van der Waals surface area contributed by atoms with E-state index in [1.807, 2.05) is 24.3 Å². The van der Waals surface area contributed by atoms with E-state index in [1.165, 1.54) is 4.90 Å². The highest BCUT2D eigenvalue weighted by Crippen LogP contribution is 2.38. The molecular formula is C7H8N4S. The first-order valence-corrected chi connectivity index (χ1v) is 4.40. The second-order valence-corrected chi connectivity index (χ2v) is 3.46. The van der Waals surface area contributed by atoms with Crippen LogP contribution in [0, 0.1) is 0 Å². The van der Waals surface area contributed by atoms with Crippen molar-refractivity contribution in [3.63, 3.8) is 0 Å². The molecule has 5 heteroatoms. The molecule has 1 aliphatic heterocycles. The van der Waals surface area contributed by atoms with Gasteiger partial charge < -0.3 is 11.2 Å². The molecule has 1 aliphatic rings. The molecule has 2 rings (SSSR count). The molecule has 0 fully saturated rings. The van der Waals surface area contributed by atoms with Gasteiger partial charge in [-0.25, -0.2) is 0 Å². The van der Waals surface area contributed by atoms with Gasteiger partial charge in [-0.3, -0.25) is 0 Å². The van der Waals surface area contributed by atoms with E-state index in [1.54, 1.807) is 11.8 Å². The number of thioether (sulfide) groups is 1. The third-order valence-corrected chi connectivity index (χ3v) is 2.62. The summed E-state index contributed by atoms with van der Waals surface area (Å²) in [6.07, 6.45) is 0. The summed E-state index contributed by atoms with van der Waals surface area (Å²) < 4.78 is 0. The van der Waals surface area contributed by atoms with Gasteiger partial charge >= 0.3 is 0 Å². The number of benzene rings is 1. The molecule has 3 N–H and O–H groups in total. The third-order valence-electron chi connectivity index (χ3n) is 1.58. The fourth-order valence-electron chi connectivity index (χ4n) is 1.08.